The number of hydrogen-bond acceptors (Lipinski definition) is 4. The van der Waals surface area contributed by atoms with E-state index in [0.717, 1.165) is 51.3 Å². The highest BCUT2D eigenvalue weighted by Gasteiger charge is 2.45. The Bertz CT molecular complexity index is 518. The number of halogens is 2. The summed E-state index contributed by atoms with van der Waals surface area (Å²) in [7, 11) is 0. The molecule has 0 aromatic heterocycles. The summed E-state index contributed by atoms with van der Waals surface area (Å²) in [6.07, 6.45) is 1.60. The molecule has 1 saturated heterocycles. The Morgan fingerprint density at radius 3 is 2.52 bits per heavy atom. The second kappa shape index (κ2) is 8.85. The molecule has 2 aliphatic rings. The Kier molecular flexibility index (Phi) is 7.77. The molecule has 1 saturated carbocycles. The molecule has 130 valence electrons. The van der Waals surface area contributed by atoms with Crippen molar-refractivity contribution in [2.45, 2.75) is 31.5 Å². The third kappa shape index (κ3) is 5.62. The smallest absolute Gasteiger partial charge is 0.240 e. The first-order chi connectivity index (χ1) is 10.2. The minimum Gasteiger partial charge on any atom is -0.379 e. The standard InChI is InChI=1S/C16H23N3O2.2ClH/c17-16(4-5-16)15(20)18-11-13-2-1-3-14(10-13)12-19-6-8-21-9-7-19;;/h1-3,10H,4-9,11-12,17H2,(H,18,20);2*1H. The summed E-state index contributed by atoms with van der Waals surface area (Å²) in [4.78, 5) is 14.2. The van der Waals surface area contributed by atoms with Gasteiger partial charge >= 0.3 is 0 Å². The van der Waals surface area contributed by atoms with E-state index in [1.807, 2.05) is 12.1 Å². The quantitative estimate of drug-likeness (QED) is 0.833. The Labute approximate surface area is 149 Å². The Morgan fingerprint density at radius 1 is 1.22 bits per heavy atom. The van der Waals surface area contributed by atoms with Crippen molar-refractivity contribution in [2.75, 3.05) is 26.3 Å². The maximum Gasteiger partial charge on any atom is 0.240 e. The molecule has 0 bridgehead atoms. The van der Waals surface area contributed by atoms with Gasteiger partial charge in [0, 0.05) is 26.2 Å². The Balaban J connectivity index is 0.00000132. The summed E-state index contributed by atoms with van der Waals surface area (Å²) in [6.45, 7) is 5.08. The lowest BCUT2D eigenvalue weighted by molar-refractivity contribution is -0.123. The van der Waals surface area contributed by atoms with E-state index in [9.17, 15) is 4.79 Å². The van der Waals surface area contributed by atoms with Gasteiger partial charge in [0.05, 0.1) is 18.8 Å². The average molecular weight is 362 g/mol. The number of amides is 1. The molecule has 1 aliphatic heterocycles. The van der Waals surface area contributed by atoms with Crippen LogP contribution < -0.4 is 11.1 Å². The van der Waals surface area contributed by atoms with Crippen LogP contribution in [0.1, 0.15) is 24.0 Å². The minimum atomic E-state index is -0.592. The average Bonchev–Trinajstić information content (AvgIpc) is 3.25. The molecule has 1 heterocycles. The summed E-state index contributed by atoms with van der Waals surface area (Å²) in [5.74, 6) is -0.0268. The number of ether oxygens (including phenoxy) is 1. The fraction of sp³-hybridized carbons (Fsp3) is 0.562. The fourth-order valence-corrected chi connectivity index (χ4v) is 2.58. The highest BCUT2D eigenvalue weighted by molar-refractivity contribution is 5.88. The zero-order valence-electron chi connectivity index (χ0n) is 13.1. The van der Waals surface area contributed by atoms with E-state index < -0.39 is 5.54 Å². The van der Waals surface area contributed by atoms with Crippen molar-refractivity contribution in [2.24, 2.45) is 5.73 Å². The molecular formula is C16H25Cl2N3O2. The zero-order chi connectivity index (χ0) is 14.7. The molecule has 3 rings (SSSR count). The Hall–Kier alpha value is -0.850. The maximum absolute atomic E-state index is 11.8. The van der Waals surface area contributed by atoms with Crippen LogP contribution in [0, 0.1) is 0 Å². The highest BCUT2D eigenvalue weighted by atomic mass is 35.5. The minimum absolute atomic E-state index is 0. The monoisotopic (exact) mass is 361 g/mol. The number of benzene rings is 1. The van der Waals surface area contributed by atoms with E-state index in [0.29, 0.717) is 6.54 Å². The molecule has 1 aromatic carbocycles. The molecule has 1 aromatic rings. The van der Waals surface area contributed by atoms with E-state index in [2.05, 4.69) is 22.3 Å². The van der Waals surface area contributed by atoms with Gasteiger partial charge in [0.2, 0.25) is 5.91 Å². The molecule has 0 atom stereocenters. The lowest BCUT2D eigenvalue weighted by atomic mass is 10.1. The molecule has 2 fully saturated rings. The zero-order valence-corrected chi connectivity index (χ0v) is 14.8. The number of carbonyl (C=O) groups is 1. The number of nitrogens with one attached hydrogen (secondary N) is 1. The number of morpholine rings is 1. The molecule has 0 unspecified atom stereocenters. The molecule has 5 nitrogen and oxygen atoms in total. The van der Waals surface area contributed by atoms with Crippen molar-refractivity contribution in [3.8, 4) is 0 Å². The van der Waals surface area contributed by atoms with Gasteiger partial charge in [-0.05, 0) is 24.0 Å². The van der Waals surface area contributed by atoms with Crippen molar-refractivity contribution < 1.29 is 9.53 Å². The number of rotatable bonds is 5. The summed E-state index contributed by atoms with van der Waals surface area (Å²) < 4.78 is 5.36. The van der Waals surface area contributed by atoms with Crippen LogP contribution in [0.2, 0.25) is 0 Å². The second-order valence-electron chi connectivity index (χ2n) is 6.05. The Morgan fingerprint density at radius 2 is 1.87 bits per heavy atom. The molecule has 0 radical (unpaired) electrons. The molecule has 3 N–H and O–H groups in total. The largest absolute Gasteiger partial charge is 0.379 e. The molecule has 23 heavy (non-hydrogen) atoms. The van der Waals surface area contributed by atoms with Gasteiger partial charge in [-0.25, -0.2) is 0 Å². The number of carbonyl (C=O) groups excluding carboxylic acids is 1. The molecule has 1 amide bonds. The van der Waals surface area contributed by atoms with Crippen molar-refractivity contribution in [3.05, 3.63) is 35.4 Å². The van der Waals surface area contributed by atoms with Gasteiger partial charge in [0.15, 0.2) is 0 Å². The van der Waals surface area contributed by atoms with E-state index in [4.69, 9.17) is 10.5 Å². The first kappa shape index (κ1) is 20.2. The highest BCUT2D eigenvalue weighted by Crippen LogP contribution is 2.32. The van der Waals surface area contributed by atoms with E-state index >= 15 is 0 Å². The van der Waals surface area contributed by atoms with Gasteiger partial charge in [-0.15, -0.1) is 24.8 Å². The van der Waals surface area contributed by atoms with Crippen LogP contribution in [-0.4, -0.2) is 42.6 Å². The normalized spacial score (nSPS) is 19.2. The second-order valence-corrected chi connectivity index (χ2v) is 6.05. The lowest BCUT2D eigenvalue weighted by Crippen LogP contribution is -2.42. The summed E-state index contributed by atoms with van der Waals surface area (Å²) in [5.41, 5.74) is 7.68. The van der Waals surface area contributed by atoms with Crippen LogP contribution >= 0.6 is 24.8 Å². The predicted molar refractivity (Wildman–Crippen MR) is 95.0 cm³/mol. The van der Waals surface area contributed by atoms with Crippen LogP contribution in [0.15, 0.2) is 24.3 Å². The molecular weight excluding hydrogens is 337 g/mol. The lowest BCUT2D eigenvalue weighted by Gasteiger charge is -2.26. The van der Waals surface area contributed by atoms with Crippen LogP contribution in [0.25, 0.3) is 0 Å². The van der Waals surface area contributed by atoms with Gasteiger partial charge in [-0.3, -0.25) is 9.69 Å². The molecule has 0 spiro atoms. The predicted octanol–water partition coefficient (Wildman–Crippen LogP) is 1.47. The SMILES string of the molecule is Cl.Cl.NC1(C(=O)NCc2cccc(CN3CCOCC3)c2)CC1. The van der Waals surface area contributed by atoms with Gasteiger partial charge in [0.25, 0.3) is 0 Å². The maximum atomic E-state index is 11.8. The number of nitrogens with two attached hydrogens (primary N) is 1. The van der Waals surface area contributed by atoms with Gasteiger partial charge in [-0.1, -0.05) is 24.3 Å². The summed E-state index contributed by atoms with van der Waals surface area (Å²) >= 11 is 0. The first-order valence-electron chi connectivity index (χ1n) is 7.61. The topological polar surface area (TPSA) is 67.6 Å². The van der Waals surface area contributed by atoms with E-state index in [1.54, 1.807) is 0 Å². The van der Waals surface area contributed by atoms with Gasteiger partial charge in [-0.2, -0.15) is 0 Å². The third-order valence-corrected chi connectivity index (χ3v) is 4.20. The van der Waals surface area contributed by atoms with E-state index in [1.165, 1.54) is 5.56 Å². The summed E-state index contributed by atoms with van der Waals surface area (Å²) in [6, 6.07) is 8.38. The van der Waals surface area contributed by atoms with Gasteiger partial charge in [0.1, 0.15) is 0 Å². The van der Waals surface area contributed by atoms with Crippen LogP contribution in [0.3, 0.4) is 0 Å². The van der Waals surface area contributed by atoms with Crippen LogP contribution in [0.5, 0.6) is 0 Å². The number of hydrogen-bond donors (Lipinski definition) is 2. The van der Waals surface area contributed by atoms with Crippen molar-refractivity contribution >= 4 is 30.7 Å². The fourth-order valence-electron chi connectivity index (χ4n) is 2.58. The van der Waals surface area contributed by atoms with Crippen LogP contribution in [0.4, 0.5) is 0 Å². The van der Waals surface area contributed by atoms with E-state index in [-0.39, 0.29) is 30.7 Å². The summed E-state index contributed by atoms with van der Waals surface area (Å²) in [5, 5.41) is 2.93. The van der Waals surface area contributed by atoms with Crippen molar-refractivity contribution in [1.29, 1.82) is 0 Å². The van der Waals surface area contributed by atoms with Crippen LogP contribution in [-0.2, 0) is 22.6 Å². The van der Waals surface area contributed by atoms with Crippen molar-refractivity contribution in [3.63, 3.8) is 0 Å². The molecule has 1 aliphatic carbocycles. The number of nitrogens with zero attached hydrogens (tertiary/aromatic N) is 1. The van der Waals surface area contributed by atoms with Gasteiger partial charge < -0.3 is 15.8 Å². The first-order valence-corrected chi connectivity index (χ1v) is 7.61. The molecule has 7 heteroatoms. The third-order valence-electron chi connectivity index (χ3n) is 4.20. The van der Waals surface area contributed by atoms with Crippen molar-refractivity contribution in [1.82, 2.24) is 10.2 Å².